The van der Waals surface area contributed by atoms with Gasteiger partial charge in [-0.2, -0.15) is 0 Å². The predicted molar refractivity (Wildman–Crippen MR) is 64.2 cm³/mol. The molecule has 0 heterocycles. The number of hydrogen-bond acceptors (Lipinski definition) is 4. The van der Waals surface area contributed by atoms with E-state index in [0.717, 1.165) is 12.8 Å². The van der Waals surface area contributed by atoms with Crippen LogP contribution in [0.2, 0.25) is 0 Å². The van der Waals surface area contributed by atoms with Gasteiger partial charge in [0, 0.05) is 24.8 Å². The van der Waals surface area contributed by atoms with Crippen molar-refractivity contribution in [3.8, 4) is 0 Å². The summed E-state index contributed by atoms with van der Waals surface area (Å²) in [6.45, 7) is 4.88. The van der Waals surface area contributed by atoms with Gasteiger partial charge < -0.3 is 15.2 Å². The number of carbonyl (C=O) groups is 1. The number of methoxy groups -OCH3 is 1. The minimum Gasteiger partial charge on any atom is -0.466 e. The van der Waals surface area contributed by atoms with E-state index in [1.807, 2.05) is 13.0 Å². The van der Waals surface area contributed by atoms with Crippen molar-refractivity contribution in [1.82, 2.24) is 5.32 Å². The summed E-state index contributed by atoms with van der Waals surface area (Å²) in [4.78, 5) is 11.2. The van der Waals surface area contributed by atoms with Crippen molar-refractivity contribution in [1.29, 1.82) is 0 Å². The van der Waals surface area contributed by atoms with Crippen LogP contribution < -0.4 is 5.32 Å². The molecule has 0 fully saturated rings. The molecule has 0 amide bonds. The lowest BCUT2D eigenvalue weighted by Gasteiger charge is -2.11. The predicted octanol–water partition coefficient (Wildman–Crippen LogP) is 1.25. The Labute approximate surface area is 97.7 Å². The monoisotopic (exact) mass is 229 g/mol. The highest BCUT2D eigenvalue weighted by atomic mass is 16.5. The molecule has 0 bridgehead atoms. The molecule has 0 aromatic carbocycles. The lowest BCUT2D eigenvalue weighted by molar-refractivity contribution is -0.136. The molecule has 16 heavy (non-hydrogen) atoms. The third-order valence-electron chi connectivity index (χ3n) is 2.44. The van der Waals surface area contributed by atoms with Gasteiger partial charge in [0.2, 0.25) is 0 Å². The van der Waals surface area contributed by atoms with Gasteiger partial charge in [0.05, 0.1) is 7.11 Å². The van der Waals surface area contributed by atoms with Crippen LogP contribution >= 0.6 is 0 Å². The molecule has 4 nitrogen and oxygen atoms in total. The lowest BCUT2D eigenvalue weighted by Crippen LogP contribution is -2.26. The molecule has 0 aromatic rings. The maximum absolute atomic E-state index is 11.2. The fraction of sp³-hybridized carbons (Fsp3) is 0.750. The zero-order chi connectivity index (χ0) is 12.4. The Morgan fingerprint density at radius 2 is 2.25 bits per heavy atom. The summed E-state index contributed by atoms with van der Waals surface area (Å²) in [6, 6.07) is 0.346. The van der Waals surface area contributed by atoms with E-state index in [0.29, 0.717) is 24.6 Å². The standard InChI is InChI=1S/C12H23NO3/c1-4-11(12(15)16-3)7-8-13-10(2)6-5-9-14/h7,10,13-14H,4-6,8-9H2,1-3H3. The fourth-order valence-electron chi connectivity index (χ4n) is 1.39. The number of carbonyl (C=O) groups excluding carboxylic acids is 1. The number of esters is 1. The van der Waals surface area contributed by atoms with Gasteiger partial charge in [0.25, 0.3) is 0 Å². The molecule has 4 heteroatoms. The van der Waals surface area contributed by atoms with E-state index in [1.165, 1.54) is 7.11 Å². The van der Waals surface area contributed by atoms with Crippen molar-refractivity contribution in [2.75, 3.05) is 20.3 Å². The minimum atomic E-state index is -0.257. The Hall–Kier alpha value is -0.870. The summed E-state index contributed by atoms with van der Waals surface area (Å²) in [6.07, 6.45) is 4.28. The number of hydrogen-bond donors (Lipinski definition) is 2. The smallest absolute Gasteiger partial charge is 0.333 e. The molecular weight excluding hydrogens is 206 g/mol. The van der Waals surface area contributed by atoms with Crippen LogP contribution in [0.5, 0.6) is 0 Å². The van der Waals surface area contributed by atoms with Gasteiger partial charge >= 0.3 is 5.97 Å². The normalized spacial score (nSPS) is 13.6. The SMILES string of the molecule is CCC(=CCNC(C)CCCO)C(=O)OC. The molecule has 1 atom stereocenters. The van der Waals surface area contributed by atoms with Gasteiger partial charge in [-0.3, -0.25) is 0 Å². The Morgan fingerprint density at radius 3 is 2.75 bits per heavy atom. The second-order valence-electron chi connectivity index (χ2n) is 3.75. The van der Waals surface area contributed by atoms with Crippen molar-refractivity contribution in [2.45, 2.75) is 39.2 Å². The quantitative estimate of drug-likeness (QED) is 0.486. The average Bonchev–Trinajstić information content (AvgIpc) is 2.31. The van der Waals surface area contributed by atoms with E-state index in [4.69, 9.17) is 5.11 Å². The number of aliphatic hydroxyl groups is 1. The molecule has 0 rings (SSSR count). The van der Waals surface area contributed by atoms with Gasteiger partial charge in [0.15, 0.2) is 0 Å². The maximum Gasteiger partial charge on any atom is 0.333 e. The first-order valence-corrected chi connectivity index (χ1v) is 5.77. The number of ether oxygens (including phenoxy) is 1. The van der Waals surface area contributed by atoms with E-state index < -0.39 is 0 Å². The Kier molecular flexibility index (Phi) is 8.85. The third kappa shape index (κ3) is 6.58. The van der Waals surface area contributed by atoms with Crippen molar-refractivity contribution in [2.24, 2.45) is 0 Å². The Bertz CT molecular complexity index is 226. The summed E-state index contributed by atoms with van der Waals surface area (Å²) >= 11 is 0. The zero-order valence-electron chi connectivity index (χ0n) is 10.5. The molecule has 1 unspecified atom stereocenters. The second kappa shape index (κ2) is 9.36. The van der Waals surface area contributed by atoms with Crippen molar-refractivity contribution in [3.63, 3.8) is 0 Å². The molecule has 0 aliphatic heterocycles. The van der Waals surface area contributed by atoms with Crippen molar-refractivity contribution in [3.05, 3.63) is 11.6 Å². The first-order valence-electron chi connectivity index (χ1n) is 5.77. The highest BCUT2D eigenvalue weighted by Crippen LogP contribution is 2.02. The molecule has 0 saturated carbocycles. The largest absolute Gasteiger partial charge is 0.466 e. The topological polar surface area (TPSA) is 58.6 Å². The Morgan fingerprint density at radius 1 is 1.56 bits per heavy atom. The molecule has 94 valence electrons. The van der Waals surface area contributed by atoms with Crippen molar-refractivity contribution >= 4 is 5.97 Å². The van der Waals surface area contributed by atoms with Crippen LogP contribution in [0.1, 0.15) is 33.1 Å². The highest BCUT2D eigenvalue weighted by molar-refractivity contribution is 5.88. The maximum atomic E-state index is 11.2. The van der Waals surface area contributed by atoms with Crippen LogP contribution in [-0.4, -0.2) is 37.4 Å². The molecule has 0 aliphatic carbocycles. The zero-order valence-corrected chi connectivity index (χ0v) is 10.5. The van der Waals surface area contributed by atoms with Gasteiger partial charge in [-0.05, 0) is 26.2 Å². The van der Waals surface area contributed by atoms with Crippen LogP contribution in [0, 0.1) is 0 Å². The van der Waals surface area contributed by atoms with Crippen LogP contribution in [0.4, 0.5) is 0 Å². The van der Waals surface area contributed by atoms with Gasteiger partial charge in [-0.25, -0.2) is 4.79 Å². The summed E-state index contributed by atoms with van der Waals surface area (Å²) in [5, 5.41) is 11.9. The molecule has 0 spiro atoms. The number of rotatable bonds is 8. The first-order chi connectivity index (χ1) is 7.65. The van der Waals surface area contributed by atoms with E-state index in [9.17, 15) is 4.79 Å². The first kappa shape index (κ1) is 15.1. The highest BCUT2D eigenvalue weighted by Gasteiger charge is 2.06. The van der Waals surface area contributed by atoms with E-state index in [-0.39, 0.29) is 12.6 Å². The van der Waals surface area contributed by atoms with E-state index in [1.54, 1.807) is 0 Å². The Balaban J connectivity index is 3.91. The van der Waals surface area contributed by atoms with Crippen LogP contribution in [0.15, 0.2) is 11.6 Å². The molecule has 0 saturated heterocycles. The summed E-state index contributed by atoms with van der Waals surface area (Å²) in [5.41, 5.74) is 0.698. The summed E-state index contributed by atoms with van der Waals surface area (Å²) in [7, 11) is 1.39. The fourth-order valence-corrected chi connectivity index (χ4v) is 1.39. The lowest BCUT2D eigenvalue weighted by atomic mass is 10.1. The van der Waals surface area contributed by atoms with E-state index >= 15 is 0 Å². The average molecular weight is 229 g/mol. The van der Waals surface area contributed by atoms with Crippen LogP contribution in [0.25, 0.3) is 0 Å². The molecule has 0 aromatic heterocycles. The van der Waals surface area contributed by atoms with Gasteiger partial charge in [-0.15, -0.1) is 0 Å². The number of aliphatic hydroxyl groups excluding tert-OH is 1. The molecule has 0 aliphatic rings. The number of nitrogens with one attached hydrogen (secondary N) is 1. The minimum absolute atomic E-state index is 0.226. The van der Waals surface area contributed by atoms with Gasteiger partial charge in [-0.1, -0.05) is 13.0 Å². The van der Waals surface area contributed by atoms with E-state index in [2.05, 4.69) is 17.0 Å². The second-order valence-corrected chi connectivity index (χ2v) is 3.75. The molecule has 0 radical (unpaired) electrons. The molecular formula is C12H23NO3. The molecule has 2 N–H and O–H groups in total. The third-order valence-corrected chi connectivity index (χ3v) is 2.44. The van der Waals surface area contributed by atoms with Crippen LogP contribution in [0.3, 0.4) is 0 Å². The van der Waals surface area contributed by atoms with Crippen molar-refractivity contribution < 1.29 is 14.6 Å². The van der Waals surface area contributed by atoms with Crippen LogP contribution in [-0.2, 0) is 9.53 Å². The van der Waals surface area contributed by atoms with Gasteiger partial charge in [0.1, 0.15) is 0 Å². The summed E-state index contributed by atoms with van der Waals surface area (Å²) < 4.78 is 4.66. The summed E-state index contributed by atoms with van der Waals surface area (Å²) in [5.74, 6) is -0.257.